The second kappa shape index (κ2) is 6.60. The first-order valence-electron chi connectivity index (χ1n) is 6.28. The maximum Gasteiger partial charge on any atom is 0.227 e. The number of aromatic nitrogens is 1. The number of methoxy groups -OCH3 is 1. The van der Waals surface area contributed by atoms with Crippen molar-refractivity contribution in [2.75, 3.05) is 24.3 Å². The summed E-state index contributed by atoms with van der Waals surface area (Å²) in [4.78, 5) is 11.7. The molecule has 1 aromatic carbocycles. The zero-order valence-corrected chi connectivity index (χ0v) is 11.5. The van der Waals surface area contributed by atoms with E-state index in [2.05, 4.69) is 15.8 Å². The van der Waals surface area contributed by atoms with E-state index in [0.717, 1.165) is 11.4 Å². The Morgan fingerprint density at radius 3 is 2.70 bits per heavy atom. The number of nitrogens with one attached hydrogen (secondary N) is 2. The predicted molar refractivity (Wildman–Crippen MR) is 76.0 cm³/mol. The maximum absolute atomic E-state index is 11.7. The third kappa shape index (κ3) is 4.01. The van der Waals surface area contributed by atoms with Crippen LogP contribution in [0.5, 0.6) is 5.75 Å². The van der Waals surface area contributed by atoms with Crippen LogP contribution in [0.1, 0.15) is 12.2 Å². The Morgan fingerprint density at radius 1 is 1.35 bits per heavy atom. The van der Waals surface area contributed by atoms with Crippen LogP contribution in [0.15, 0.2) is 34.9 Å². The minimum atomic E-state index is -0.112. The van der Waals surface area contributed by atoms with Crippen molar-refractivity contribution in [3.05, 3.63) is 36.1 Å². The van der Waals surface area contributed by atoms with Gasteiger partial charge in [-0.3, -0.25) is 4.79 Å². The van der Waals surface area contributed by atoms with E-state index in [4.69, 9.17) is 9.26 Å². The van der Waals surface area contributed by atoms with Crippen LogP contribution in [0, 0.1) is 6.92 Å². The molecule has 0 radical (unpaired) electrons. The molecule has 2 aromatic rings. The van der Waals surface area contributed by atoms with Crippen molar-refractivity contribution in [2.24, 2.45) is 0 Å². The van der Waals surface area contributed by atoms with Gasteiger partial charge in [0.25, 0.3) is 0 Å². The summed E-state index contributed by atoms with van der Waals surface area (Å²) in [6, 6.07) is 9.20. The molecule has 20 heavy (non-hydrogen) atoms. The predicted octanol–water partition coefficient (Wildman–Crippen LogP) is 2.43. The van der Waals surface area contributed by atoms with Crippen molar-refractivity contribution in [3.8, 4) is 5.75 Å². The van der Waals surface area contributed by atoms with Crippen molar-refractivity contribution in [3.63, 3.8) is 0 Å². The average molecular weight is 275 g/mol. The largest absolute Gasteiger partial charge is 0.497 e. The van der Waals surface area contributed by atoms with Crippen molar-refractivity contribution in [2.45, 2.75) is 13.3 Å². The average Bonchev–Trinajstić information content (AvgIpc) is 2.85. The molecular formula is C14H17N3O3. The molecule has 1 amide bonds. The zero-order chi connectivity index (χ0) is 14.4. The van der Waals surface area contributed by atoms with Crippen molar-refractivity contribution in [1.82, 2.24) is 5.16 Å². The first kappa shape index (κ1) is 13.9. The number of hydrogen-bond acceptors (Lipinski definition) is 5. The molecule has 6 nitrogen and oxygen atoms in total. The minimum absolute atomic E-state index is 0.112. The number of nitrogens with zero attached hydrogens (tertiary/aromatic N) is 1. The van der Waals surface area contributed by atoms with Crippen LogP contribution in [0.25, 0.3) is 0 Å². The fourth-order valence-electron chi connectivity index (χ4n) is 1.66. The molecule has 0 saturated carbocycles. The summed E-state index contributed by atoms with van der Waals surface area (Å²) >= 11 is 0. The van der Waals surface area contributed by atoms with E-state index < -0.39 is 0 Å². The lowest BCUT2D eigenvalue weighted by Crippen LogP contribution is -2.16. The summed E-state index contributed by atoms with van der Waals surface area (Å²) in [5.41, 5.74) is 0.941. The van der Waals surface area contributed by atoms with Crippen molar-refractivity contribution >= 4 is 17.4 Å². The van der Waals surface area contributed by atoms with E-state index in [-0.39, 0.29) is 5.91 Å². The SMILES string of the molecule is COc1ccc(NCCC(=O)Nc2cc(C)on2)cc1. The standard InChI is InChI=1S/C14H17N3O3/c1-10-9-13(17-20-10)16-14(18)7-8-15-11-3-5-12(19-2)6-4-11/h3-6,9,15H,7-8H2,1-2H3,(H,16,17,18). The first-order valence-corrected chi connectivity index (χ1v) is 6.28. The molecule has 0 aliphatic rings. The van der Waals surface area contributed by atoms with Gasteiger partial charge < -0.3 is 19.9 Å². The molecule has 0 aliphatic carbocycles. The van der Waals surface area contributed by atoms with E-state index in [1.165, 1.54) is 0 Å². The zero-order valence-electron chi connectivity index (χ0n) is 11.5. The van der Waals surface area contributed by atoms with E-state index in [1.54, 1.807) is 20.1 Å². The number of aryl methyl sites for hydroxylation is 1. The molecule has 2 rings (SSSR count). The summed E-state index contributed by atoms with van der Waals surface area (Å²) in [6.07, 6.45) is 0.345. The van der Waals surface area contributed by atoms with Crippen LogP contribution in [0.2, 0.25) is 0 Å². The van der Waals surface area contributed by atoms with Gasteiger partial charge in [0.2, 0.25) is 5.91 Å². The summed E-state index contributed by atoms with van der Waals surface area (Å²) < 4.78 is 9.94. The number of carbonyl (C=O) groups excluding carboxylic acids is 1. The van der Waals surface area contributed by atoms with E-state index >= 15 is 0 Å². The summed E-state index contributed by atoms with van der Waals surface area (Å²) in [5, 5.41) is 9.52. The normalized spacial score (nSPS) is 10.1. The number of carbonyl (C=O) groups is 1. The van der Waals surface area contributed by atoms with Crippen LogP contribution in [0.4, 0.5) is 11.5 Å². The molecule has 0 spiro atoms. The third-order valence-electron chi connectivity index (χ3n) is 2.67. The van der Waals surface area contributed by atoms with Crippen LogP contribution in [-0.2, 0) is 4.79 Å². The Balaban J connectivity index is 1.73. The van der Waals surface area contributed by atoms with Crippen molar-refractivity contribution < 1.29 is 14.1 Å². The molecule has 1 heterocycles. The maximum atomic E-state index is 11.7. The van der Waals surface area contributed by atoms with Gasteiger partial charge in [-0.05, 0) is 31.2 Å². The van der Waals surface area contributed by atoms with Gasteiger partial charge in [0, 0.05) is 24.7 Å². The number of rotatable bonds is 6. The molecular weight excluding hydrogens is 258 g/mol. The fraction of sp³-hybridized carbons (Fsp3) is 0.286. The van der Waals surface area contributed by atoms with Gasteiger partial charge in [0.15, 0.2) is 5.82 Å². The highest BCUT2D eigenvalue weighted by molar-refractivity contribution is 5.89. The summed E-state index contributed by atoms with van der Waals surface area (Å²) in [7, 11) is 1.62. The van der Waals surface area contributed by atoms with Crippen LogP contribution in [0.3, 0.4) is 0 Å². The quantitative estimate of drug-likeness (QED) is 0.846. The molecule has 1 aromatic heterocycles. The number of amides is 1. The smallest absolute Gasteiger partial charge is 0.227 e. The van der Waals surface area contributed by atoms with Gasteiger partial charge in [0.05, 0.1) is 7.11 Å². The third-order valence-corrected chi connectivity index (χ3v) is 2.67. The van der Waals surface area contributed by atoms with Gasteiger partial charge in [-0.15, -0.1) is 0 Å². The molecule has 0 aliphatic heterocycles. The lowest BCUT2D eigenvalue weighted by molar-refractivity contribution is -0.116. The second-order valence-corrected chi connectivity index (χ2v) is 4.28. The molecule has 106 valence electrons. The van der Waals surface area contributed by atoms with Gasteiger partial charge in [-0.1, -0.05) is 5.16 Å². The topological polar surface area (TPSA) is 76.4 Å². The molecule has 0 unspecified atom stereocenters. The van der Waals surface area contributed by atoms with Gasteiger partial charge >= 0.3 is 0 Å². The number of benzene rings is 1. The Kier molecular flexibility index (Phi) is 4.60. The van der Waals surface area contributed by atoms with E-state index in [0.29, 0.717) is 24.5 Å². The highest BCUT2D eigenvalue weighted by atomic mass is 16.5. The monoisotopic (exact) mass is 275 g/mol. The molecule has 2 N–H and O–H groups in total. The Labute approximate surface area is 117 Å². The number of ether oxygens (including phenoxy) is 1. The van der Waals surface area contributed by atoms with Crippen LogP contribution in [-0.4, -0.2) is 24.7 Å². The summed E-state index contributed by atoms with van der Waals surface area (Å²) in [5.74, 6) is 1.79. The molecule has 0 atom stereocenters. The second-order valence-electron chi connectivity index (χ2n) is 4.28. The van der Waals surface area contributed by atoms with Crippen LogP contribution < -0.4 is 15.4 Å². The Bertz CT molecular complexity index is 563. The number of hydrogen-bond donors (Lipinski definition) is 2. The van der Waals surface area contributed by atoms with Gasteiger partial charge in [-0.25, -0.2) is 0 Å². The Morgan fingerprint density at radius 2 is 2.10 bits per heavy atom. The molecule has 0 fully saturated rings. The van der Waals surface area contributed by atoms with Gasteiger partial charge in [0.1, 0.15) is 11.5 Å². The molecule has 0 bridgehead atoms. The van der Waals surface area contributed by atoms with Crippen molar-refractivity contribution in [1.29, 1.82) is 0 Å². The minimum Gasteiger partial charge on any atom is -0.497 e. The lowest BCUT2D eigenvalue weighted by atomic mass is 10.3. The van der Waals surface area contributed by atoms with E-state index in [9.17, 15) is 4.79 Å². The lowest BCUT2D eigenvalue weighted by Gasteiger charge is -2.07. The van der Waals surface area contributed by atoms with Crippen LogP contribution >= 0.6 is 0 Å². The highest BCUT2D eigenvalue weighted by Crippen LogP contribution is 2.14. The molecule has 0 saturated heterocycles. The number of anilines is 2. The molecule has 6 heteroatoms. The highest BCUT2D eigenvalue weighted by Gasteiger charge is 2.05. The summed E-state index contributed by atoms with van der Waals surface area (Å²) in [6.45, 7) is 2.31. The Hall–Kier alpha value is -2.50. The fourth-order valence-corrected chi connectivity index (χ4v) is 1.66. The van der Waals surface area contributed by atoms with Gasteiger partial charge in [-0.2, -0.15) is 0 Å². The first-order chi connectivity index (χ1) is 9.67. The van der Waals surface area contributed by atoms with E-state index in [1.807, 2.05) is 24.3 Å².